The van der Waals surface area contributed by atoms with Gasteiger partial charge in [0.15, 0.2) is 0 Å². The van der Waals surface area contributed by atoms with E-state index in [9.17, 15) is 9.59 Å². The molecule has 2 amide bonds. The highest BCUT2D eigenvalue weighted by Gasteiger charge is 2.41. The molecule has 7 N–H and O–H groups in total. The number of rotatable bonds is 15. The third-order valence-corrected chi connectivity index (χ3v) is 10.8. The Morgan fingerprint density at radius 3 is 1.83 bits per heavy atom. The summed E-state index contributed by atoms with van der Waals surface area (Å²) in [6, 6.07) is 8.59. The Bertz CT molecular complexity index is 1330. The fraction of sp³-hybridized carbons (Fsp3) is 0.600. The molecule has 2 aliphatic rings. The lowest BCUT2D eigenvalue weighted by molar-refractivity contribution is -0.149. The van der Waals surface area contributed by atoms with Gasteiger partial charge in [0.25, 0.3) is 0 Å². The smallest absolute Gasteiger partial charge is 0.240 e. The first-order chi connectivity index (χ1) is 22.6. The maximum Gasteiger partial charge on any atom is 0.240 e. The minimum absolute atomic E-state index is 0.115. The van der Waals surface area contributed by atoms with E-state index in [1.807, 2.05) is 21.9 Å². The molecule has 1 aliphatic carbocycles. The summed E-state index contributed by atoms with van der Waals surface area (Å²) < 4.78 is 0. The topological polar surface area (TPSA) is 131 Å². The van der Waals surface area contributed by atoms with Gasteiger partial charge in [-0.15, -0.1) is 0 Å². The summed E-state index contributed by atoms with van der Waals surface area (Å²) in [7, 11) is 0. The van der Waals surface area contributed by atoms with Crippen LogP contribution in [0.3, 0.4) is 0 Å². The van der Waals surface area contributed by atoms with Gasteiger partial charge in [-0.1, -0.05) is 97.1 Å². The van der Waals surface area contributed by atoms with Crippen LogP contribution in [0.4, 0.5) is 0 Å². The predicted molar refractivity (Wildman–Crippen MR) is 194 cm³/mol. The maximum absolute atomic E-state index is 14.2. The second-order valence-electron chi connectivity index (χ2n) is 13.2. The number of unbranched alkanes of at least 4 members (excludes halogenated alkanes) is 1. The van der Waals surface area contributed by atoms with Crippen molar-refractivity contribution >= 4 is 58.2 Å². The van der Waals surface area contributed by atoms with Gasteiger partial charge in [-0.05, 0) is 80.0 Å². The Hall–Kier alpha value is -1.62. The standard InChI is InChI=1S/C35H50Cl4N6O2/c36-26-11-9-24(30(38)19-26)17-32(41)34(46)44-22-29(16-23-6-2-1-3-7-23)45(21-28(44)8-4-5-14-43-15-13-40)35(47)33(42)18-25-10-12-27(37)20-31(25)39/h9-12,19-20,23,28-29,32-33,43H,1-8,13-18,21-22,40-42H2/t28-,29+,32+,33+/m0/s1. The number of carbonyl (C=O) groups excluding carboxylic acids is 2. The van der Waals surface area contributed by atoms with E-state index in [4.69, 9.17) is 63.6 Å². The van der Waals surface area contributed by atoms with E-state index < -0.39 is 12.1 Å². The van der Waals surface area contributed by atoms with Crippen LogP contribution in [-0.2, 0) is 22.4 Å². The Balaban J connectivity index is 1.56. The van der Waals surface area contributed by atoms with Crippen molar-refractivity contribution in [3.63, 3.8) is 0 Å². The Kier molecular flexibility index (Phi) is 15.4. The number of carbonyl (C=O) groups is 2. The summed E-state index contributed by atoms with van der Waals surface area (Å²) in [5.74, 6) is 0.255. The highest BCUT2D eigenvalue weighted by atomic mass is 35.5. The molecule has 4 atom stereocenters. The fourth-order valence-electron chi connectivity index (χ4n) is 7.05. The third kappa shape index (κ3) is 11.2. The van der Waals surface area contributed by atoms with Gasteiger partial charge in [-0.2, -0.15) is 0 Å². The van der Waals surface area contributed by atoms with Gasteiger partial charge in [0, 0.05) is 58.4 Å². The fourth-order valence-corrected chi connectivity index (χ4v) is 8.02. The number of nitrogens with zero attached hydrogens (tertiary/aromatic N) is 2. The Morgan fingerprint density at radius 2 is 1.30 bits per heavy atom. The lowest BCUT2D eigenvalue weighted by Gasteiger charge is -2.49. The third-order valence-electron chi connectivity index (χ3n) is 9.60. The zero-order valence-electron chi connectivity index (χ0n) is 27.1. The van der Waals surface area contributed by atoms with E-state index in [-0.39, 0.29) is 23.9 Å². The number of hydrogen-bond acceptors (Lipinski definition) is 6. The van der Waals surface area contributed by atoms with Crippen molar-refractivity contribution < 1.29 is 9.59 Å². The largest absolute Gasteiger partial charge is 0.335 e. The monoisotopic (exact) mass is 726 g/mol. The lowest BCUT2D eigenvalue weighted by Crippen LogP contribution is -2.65. The molecular weight excluding hydrogens is 678 g/mol. The molecule has 0 bridgehead atoms. The molecule has 2 aromatic rings. The van der Waals surface area contributed by atoms with E-state index in [0.29, 0.717) is 58.5 Å². The molecule has 4 rings (SSSR count). The van der Waals surface area contributed by atoms with Crippen LogP contribution in [0.15, 0.2) is 36.4 Å². The quantitative estimate of drug-likeness (QED) is 0.171. The molecule has 0 radical (unpaired) electrons. The van der Waals surface area contributed by atoms with Crippen LogP contribution >= 0.6 is 46.4 Å². The van der Waals surface area contributed by atoms with E-state index in [1.165, 1.54) is 19.3 Å². The van der Waals surface area contributed by atoms with Gasteiger partial charge in [0.1, 0.15) is 0 Å². The van der Waals surface area contributed by atoms with Gasteiger partial charge < -0.3 is 32.3 Å². The number of amides is 2. The van der Waals surface area contributed by atoms with Crippen LogP contribution in [-0.4, -0.2) is 78.5 Å². The van der Waals surface area contributed by atoms with Crippen LogP contribution in [0.1, 0.15) is 68.9 Å². The number of halogens is 4. The highest BCUT2D eigenvalue weighted by Crippen LogP contribution is 2.33. The van der Waals surface area contributed by atoms with E-state index in [0.717, 1.165) is 62.7 Å². The van der Waals surface area contributed by atoms with Crippen LogP contribution in [0.5, 0.6) is 0 Å². The molecule has 47 heavy (non-hydrogen) atoms. The molecular formula is C35H50Cl4N6O2. The molecule has 0 aromatic heterocycles. The van der Waals surface area contributed by atoms with Crippen LogP contribution in [0.25, 0.3) is 0 Å². The first kappa shape index (κ1) is 38.2. The predicted octanol–water partition coefficient (Wildman–Crippen LogP) is 5.84. The van der Waals surface area contributed by atoms with Gasteiger partial charge >= 0.3 is 0 Å². The van der Waals surface area contributed by atoms with Crippen LogP contribution < -0.4 is 22.5 Å². The molecule has 260 valence electrons. The first-order valence-corrected chi connectivity index (χ1v) is 18.5. The zero-order chi connectivity index (χ0) is 33.9. The van der Waals surface area contributed by atoms with Crippen molar-refractivity contribution in [3.8, 4) is 0 Å². The molecule has 1 aliphatic heterocycles. The molecule has 0 spiro atoms. The first-order valence-electron chi connectivity index (χ1n) is 17.0. The molecule has 1 saturated carbocycles. The van der Waals surface area contributed by atoms with Crippen LogP contribution in [0.2, 0.25) is 20.1 Å². The van der Waals surface area contributed by atoms with Gasteiger partial charge in [0.2, 0.25) is 11.8 Å². The van der Waals surface area contributed by atoms with Gasteiger partial charge in [-0.3, -0.25) is 9.59 Å². The summed E-state index contributed by atoms with van der Waals surface area (Å²) in [6.07, 6.45) is 9.86. The maximum atomic E-state index is 14.2. The van der Waals surface area contributed by atoms with Crippen molar-refractivity contribution in [2.45, 2.75) is 94.8 Å². The minimum Gasteiger partial charge on any atom is -0.335 e. The van der Waals surface area contributed by atoms with E-state index >= 15 is 0 Å². The van der Waals surface area contributed by atoms with Gasteiger partial charge in [0.05, 0.1) is 12.1 Å². The Morgan fingerprint density at radius 1 is 0.766 bits per heavy atom. The number of piperazine rings is 1. The summed E-state index contributed by atoms with van der Waals surface area (Å²) in [4.78, 5) is 32.3. The molecule has 0 unspecified atom stereocenters. The Labute approximate surface area is 299 Å². The van der Waals surface area contributed by atoms with Crippen molar-refractivity contribution in [2.75, 3.05) is 32.7 Å². The van der Waals surface area contributed by atoms with Crippen LogP contribution in [0, 0.1) is 5.92 Å². The average molecular weight is 729 g/mol. The molecule has 1 heterocycles. The molecule has 8 nitrogen and oxygen atoms in total. The minimum atomic E-state index is -0.783. The SMILES string of the molecule is NCCNCCCC[C@H]1CN(C(=O)[C@H](N)Cc2ccc(Cl)cc2Cl)[C@H](CC2CCCCC2)CN1C(=O)[C@H](N)Cc1ccc(Cl)cc1Cl. The molecule has 1 saturated heterocycles. The summed E-state index contributed by atoms with van der Waals surface area (Å²) in [6.45, 7) is 3.02. The number of nitrogens with two attached hydrogens (primary N) is 3. The van der Waals surface area contributed by atoms with Crippen molar-refractivity contribution in [2.24, 2.45) is 23.1 Å². The van der Waals surface area contributed by atoms with Crippen molar-refractivity contribution in [1.82, 2.24) is 15.1 Å². The van der Waals surface area contributed by atoms with E-state index in [1.54, 1.807) is 24.3 Å². The number of benzene rings is 2. The highest BCUT2D eigenvalue weighted by molar-refractivity contribution is 6.35. The van der Waals surface area contributed by atoms with Crippen molar-refractivity contribution in [1.29, 1.82) is 0 Å². The summed E-state index contributed by atoms with van der Waals surface area (Å²) >= 11 is 25.1. The average Bonchev–Trinajstić information content (AvgIpc) is 3.05. The number of hydrogen-bond donors (Lipinski definition) is 4. The molecule has 12 heteroatoms. The van der Waals surface area contributed by atoms with E-state index in [2.05, 4.69) is 5.32 Å². The summed E-state index contributed by atoms with van der Waals surface area (Å²) in [5, 5.41) is 5.38. The zero-order valence-corrected chi connectivity index (χ0v) is 30.1. The second-order valence-corrected chi connectivity index (χ2v) is 14.8. The molecule has 2 aromatic carbocycles. The van der Waals surface area contributed by atoms with Gasteiger partial charge in [-0.25, -0.2) is 0 Å². The lowest BCUT2D eigenvalue weighted by atomic mass is 9.83. The summed E-state index contributed by atoms with van der Waals surface area (Å²) in [5.41, 5.74) is 20.4. The van der Waals surface area contributed by atoms with Crippen molar-refractivity contribution in [3.05, 3.63) is 67.6 Å². The molecule has 2 fully saturated rings. The normalized spacial score (nSPS) is 20.3. The number of nitrogens with one attached hydrogen (secondary N) is 1. The second kappa shape index (κ2) is 19.0.